The molecule has 284 valence electrons. The summed E-state index contributed by atoms with van der Waals surface area (Å²) in [5.41, 5.74) is 4.48. The van der Waals surface area contributed by atoms with E-state index in [4.69, 9.17) is 0 Å². The second kappa shape index (κ2) is 14.4. The Bertz CT molecular complexity index is 1570. The van der Waals surface area contributed by atoms with Gasteiger partial charge >= 0.3 is 5.97 Å². The van der Waals surface area contributed by atoms with Gasteiger partial charge in [0.05, 0.1) is 17.1 Å². The zero-order chi connectivity index (χ0) is 36.9. The van der Waals surface area contributed by atoms with Crippen molar-refractivity contribution in [2.75, 3.05) is 44.2 Å². The molecule has 2 N–H and O–H groups in total. The fourth-order valence-electron chi connectivity index (χ4n) is 13.6. The molecule has 5 fully saturated rings. The number of nitrogens with zero attached hydrogens (tertiary/aromatic N) is 1. The van der Waals surface area contributed by atoms with Gasteiger partial charge in [-0.3, -0.25) is 0 Å². The van der Waals surface area contributed by atoms with Gasteiger partial charge in [-0.25, -0.2) is 13.2 Å². The van der Waals surface area contributed by atoms with E-state index in [0.717, 1.165) is 50.2 Å². The average Bonchev–Trinajstić information content (AvgIpc) is 3.50. The van der Waals surface area contributed by atoms with Gasteiger partial charge in [-0.2, -0.15) is 0 Å². The Balaban J connectivity index is 0.00000144. The SMILES string of the molecule is C=CC.CC1(C)C(c2ccc(C(=O)O)cc2)=CCC2(C)C1CCC1(C)C2CCC2C3CCCC3(CNCCCN3CCS(=O)(=O)CC3)CC[C@]21C. The molecular weight excluding hydrogens is 653 g/mol. The number of benzene rings is 1. The smallest absolute Gasteiger partial charge is 0.335 e. The molecule has 1 aromatic carbocycles. The summed E-state index contributed by atoms with van der Waals surface area (Å²) < 4.78 is 23.6. The maximum Gasteiger partial charge on any atom is 0.335 e. The van der Waals surface area contributed by atoms with Crippen LogP contribution in [-0.2, 0) is 9.84 Å². The minimum atomic E-state index is -2.81. The first kappa shape index (κ1) is 38.8. The molecule has 6 aliphatic rings. The summed E-state index contributed by atoms with van der Waals surface area (Å²) in [6.07, 6.45) is 18.8. The highest BCUT2D eigenvalue weighted by Crippen LogP contribution is 2.77. The van der Waals surface area contributed by atoms with Crippen LogP contribution in [0.1, 0.15) is 128 Å². The standard InChI is InChI=1S/C41H62N2O4S.C3H6/c1-37(2)31(29-9-11-30(12-10-29)36(44)45)15-18-38(3)34(37)16-19-40(5)35(38)14-13-32-33-8-6-17-41(33,21-20-39(32,40)4)28-42-22-7-23-43-24-26-48(46,47)27-25-43;1-3-2/h9-12,15,32-35,42H,6-8,13-14,16-28H2,1-5H3,(H,44,45);3H,1H2,2H3/t32?,33?,34?,35?,38?,39-,40?,41?;/m1./s1. The van der Waals surface area contributed by atoms with Crippen molar-refractivity contribution in [2.45, 2.75) is 112 Å². The van der Waals surface area contributed by atoms with Crippen molar-refractivity contribution in [1.82, 2.24) is 10.2 Å². The number of aromatic carboxylic acids is 1. The second-order valence-electron chi connectivity index (χ2n) is 18.9. The third kappa shape index (κ3) is 6.73. The van der Waals surface area contributed by atoms with Gasteiger partial charge in [-0.05, 0) is 158 Å². The van der Waals surface area contributed by atoms with Crippen LogP contribution in [0.2, 0.25) is 0 Å². The molecule has 8 atom stereocenters. The lowest BCUT2D eigenvalue weighted by molar-refractivity contribution is -0.222. The molecule has 0 radical (unpaired) electrons. The highest BCUT2D eigenvalue weighted by Gasteiger charge is 2.69. The van der Waals surface area contributed by atoms with E-state index in [-0.39, 0.29) is 10.8 Å². The van der Waals surface area contributed by atoms with Crippen molar-refractivity contribution in [3.05, 3.63) is 54.1 Å². The Kier molecular flexibility index (Phi) is 10.9. The van der Waals surface area contributed by atoms with Crippen LogP contribution >= 0.6 is 0 Å². The number of carbonyl (C=O) groups is 1. The predicted octanol–water partition coefficient (Wildman–Crippen LogP) is 9.14. The minimum Gasteiger partial charge on any atom is -0.478 e. The van der Waals surface area contributed by atoms with Gasteiger partial charge in [-0.15, -0.1) is 6.58 Å². The molecule has 7 heteroatoms. The van der Waals surface area contributed by atoms with E-state index in [2.05, 4.69) is 57.5 Å². The van der Waals surface area contributed by atoms with Crippen LogP contribution < -0.4 is 5.32 Å². The van der Waals surface area contributed by atoms with Crippen molar-refractivity contribution in [2.24, 2.45) is 50.7 Å². The summed E-state index contributed by atoms with van der Waals surface area (Å²) >= 11 is 0. The third-order valence-corrected chi connectivity index (χ3v) is 17.9. The number of sulfone groups is 1. The van der Waals surface area contributed by atoms with Gasteiger partial charge in [0.15, 0.2) is 9.84 Å². The van der Waals surface area contributed by atoms with E-state index in [1.54, 1.807) is 18.2 Å². The Morgan fingerprint density at radius 1 is 0.922 bits per heavy atom. The summed E-state index contributed by atoms with van der Waals surface area (Å²) in [7, 11) is -2.81. The summed E-state index contributed by atoms with van der Waals surface area (Å²) in [6, 6.07) is 7.62. The summed E-state index contributed by atoms with van der Waals surface area (Å²) in [5.74, 6) is 2.80. The molecule has 1 aromatic rings. The van der Waals surface area contributed by atoms with Crippen LogP contribution in [0.15, 0.2) is 43.0 Å². The fraction of sp³-hybridized carbons (Fsp3) is 0.750. The van der Waals surface area contributed by atoms with Gasteiger partial charge in [0.25, 0.3) is 0 Å². The molecule has 4 saturated carbocycles. The molecule has 0 aromatic heterocycles. The molecule has 1 aliphatic heterocycles. The van der Waals surface area contributed by atoms with Crippen LogP contribution in [0.25, 0.3) is 5.57 Å². The molecule has 0 spiro atoms. The Labute approximate surface area is 310 Å². The van der Waals surface area contributed by atoms with E-state index < -0.39 is 15.8 Å². The van der Waals surface area contributed by atoms with Gasteiger partial charge in [0, 0.05) is 19.6 Å². The van der Waals surface area contributed by atoms with Crippen molar-refractivity contribution >= 4 is 21.4 Å². The molecule has 0 bridgehead atoms. The number of carboxylic acids is 1. The number of carboxylic acid groups (broad SMARTS) is 1. The highest BCUT2D eigenvalue weighted by atomic mass is 32.2. The number of rotatable bonds is 8. The van der Waals surface area contributed by atoms with Gasteiger partial charge in [0.2, 0.25) is 0 Å². The Hall–Kier alpha value is -1.96. The summed E-state index contributed by atoms with van der Waals surface area (Å²) in [5, 5.41) is 13.4. The number of hydrogen-bond donors (Lipinski definition) is 2. The summed E-state index contributed by atoms with van der Waals surface area (Å²) in [4.78, 5) is 13.9. The lowest BCUT2D eigenvalue weighted by atomic mass is 9.32. The molecule has 7 rings (SSSR count). The number of allylic oxidation sites excluding steroid dienone is 3. The molecule has 6 nitrogen and oxygen atoms in total. The van der Waals surface area contributed by atoms with E-state index in [1.807, 2.05) is 19.1 Å². The molecule has 1 saturated heterocycles. The maximum atomic E-state index is 11.8. The van der Waals surface area contributed by atoms with Crippen molar-refractivity contribution in [1.29, 1.82) is 0 Å². The van der Waals surface area contributed by atoms with Gasteiger partial charge in [-0.1, -0.05) is 65.3 Å². The molecule has 1 heterocycles. The quantitative estimate of drug-likeness (QED) is 0.206. The molecular formula is C44H68N2O4S. The number of fused-ring (bicyclic) bond motifs is 7. The Morgan fingerprint density at radius 2 is 1.61 bits per heavy atom. The van der Waals surface area contributed by atoms with Crippen LogP contribution in [0.5, 0.6) is 0 Å². The summed E-state index contributed by atoms with van der Waals surface area (Å²) in [6.45, 7) is 22.9. The number of nitrogens with one attached hydrogen (secondary N) is 1. The largest absolute Gasteiger partial charge is 0.478 e. The van der Waals surface area contributed by atoms with Crippen LogP contribution in [0, 0.1) is 50.7 Å². The first-order chi connectivity index (χ1) is 24.1. The van der Waals surface area contributed by atoms with E-state index >= 15 is 0 Å². The second-order valence-corrected chi connectivity index (χ2v) is 21.2. The number of hydrogen-bond acceptors (Lipinski definition) is 5. The van der Waals surface area contributed by atoms with Gasteiger partial charge < -0.3 is 15.3 Å². The molecule has 51 heavy (non-hydrogen) atoms. The fourth-order valence-corrected chi connectivity index (χ4v) is 14.9. The topological polar surface area (TPSA) is 86.7 Å². The average molecular weight is 721 g/mol. The van der Waals surface area contributed by atoms with Crippen molar-refractivity contribution in [3.8, 4) is 0 Å². The molecule has 5 aliphatic carbocycles. The lowest BCUT2D eigenvalue weighted by Gasteiger charge is -2.72. The molecule has 7 unspecified atom stereocenters. The van der Waals surface area contributed by atoms with Crippen LogP contribution in [0.3, 0.4) is 0 Å². The van der Waals surface area contributed by atoms with E-state index in [0.29, 0.717) is 52.3 Å². The van der Waals surface area contributed by atoms with Crippen molar-refractivity contribution in [3.63, 3.8) is 0 Å². The van der Waals surface area contributed by atoms with Gasteiger partial charge in [0.1, 0.15) is 0 Å². The highest BCUT2D eigenvalue weighted by molar-refractivity contribution is 7.91. The zero-order valence-corrected chi connectivity index (χ0v) is 33.6. The van der Waals surface area contributed by atoms with Crippen LogP contribution in [0.4, 0.5) is 0 Å². The molecule has 0 amide bonds. The zero-order valence-electron chi connectivity index (χ0n) is 32.7. The predicted molar refractivity (Wildman–Crippen MR) is 210 cm³/mol. The maximum absolute atomic E-state index is 11.8. The lowest BCUT2D eigenvalue weighted by Crippen LogP contribution is -2.65. The Morgan fingerprint density at radius 3 is 2.27 bits per heavy atom. The first-order valence-corrected chi connectivity index (χ1v) is 22.1. The van der Waals surface area contributed by atoms with Crippen molar-refractivity contribution < 1.29 is 18.3 Å². The third-order valence-electron chi connectivity index (χ3n) is 16.3. The van der Waals surface area contributed by atoms with E-state index in [9.17, 15) is 18.3 Å². The first-order valence-electron chi connectivity index (χ1n) is 20.3. The normalized spacial score (nSPS) is 39.5. The monoisotopic (exact) mass is 720 g/mol. The van der Waals surface area contributed by atoms with E-state index in [1.165, 1.54) is 68.9 Å². The van der Waals surface area contributed by atoms with Crippen LogP contribution in [-0.4, -0.2) is 68.6 Å². The minimum absolute atomic E-state index is 0.0430.